The monoisotopic (exact) mass is 482 g/mol. The second-order valence-corrected chi connectivity index (χ2v) is 9.40. The van der Waals surface area contributed by atoms with Crippen LogP contribution in [0, 0.1) is 0 Å². The number of hydrogen-bond acceptors (Lipinski definition) is 6. The molecule has 0 atom stereocenters. The van der Waals surface area contributed by atoms with Crippen molar-refractivity contribution in [1.82, 2.24) is 15.1 Å². The van der Waals surface area contributed by atoms with Crippen LogP contribution in [0.4, 0.5) is 5.82 Å². The molecule has 6 nitrogen and oxygen atoms in total. The normalized spacial score (nSPS) is 14.6. The maximum absolute atomic E-state index is 5.53. The Bertz CT molecular complexity index is 1300. The van der Waals surface area contributed by atoms with Crippen molar-refractivity contribution in [3.8, 4) is 22.8 Å². The molecule has 1 fully saturated rings. The molecule has 1 aliphatic rings. The maximum atomic E-state index is 5.53. The van der Waals surface area contributed by atoms with E-state index < -0.39 is 0 Å². The number of rotatable bonds is 8. The Morgan fingerprint density at radius 3 is 2.14 bits per heavy atom. The van der Waals surface area contributed by atoms with Gasteiger partial charge in [-0.15, -0.1) is 10.2 Å². The molecule has 0 amide bonds. The Labute approximate surface area is 213 Å². The van der Waals surface area contributed by atoms with Crippen LogP contribution in [-0.2, 0) is 13.0 Å². The Morgan fingerprint density at radius 1 is 0.806 bits per heavy atom. The minimum absolute atomic E-state index is 0.360. The fraction of sp³-hybridized carbons (Fsp3) is 0.333. The lowest BCUT2D eigenvalue weighted by molar-refractivity contribution is 0.211. The van der Waals surface area contributed by atoms with E-state index in [1.807, 2.05) is 30.3 Å². The number of piperidine rings is 1. The molecule has 0 saturated carbocycles. The summed E-state index contributed by atoms with van der Waals surface area (Å²) >= 11 is 0. The van der Waals surface area contributed by atoms with Gasteiger partial charge in [0.1, 0.15) is 17.2 Å². The topological polar surface area (TPSA) is 59.5 Å². The number of likely N-dealkylation sites (tertiary alicyclic amines) is 1. The summed E-state index contributed by atoms with van der Waals surface area (Å²) in [6, 6.07) is 23.4. The molecule has 2 heterocycles. The molecule has 0 bridgehead atoms. The van der Waals surface area contributed by atoms with Gasteiger partial charge >= 0.3 is 0 Å². The fourth-order valence-corrected chi connectivity index (χ4v) is 4.90. The molecule has 6 heteroatoms. The van der Waals surface area contributed by atoms with Crippen molar-refractivity contribution in [2.24, 2.45) is 0 Å². The van der Waals surface area contributed by atoms with Crippen molar-refractivity contribution in [2.75, 3.05) is 32.6 Å². The summed E-state index contributed by atoms with van der Waals surface area (Å²) in [6.45, 7) is 5.33. The molecule has 1 saturated heterocycles. The minimum Gasteiger partial charge on any atom is -0.497 e. The van der Waals surface area contributed by atoms with Gasteiger partial charge in [0, 0.05) is 42.0 Å². The average molecular weight is 483 g/mol. The van der Waals surface area contributed by atoms with Gasteiger partial charge in [-0.25, -0.2) is 0 Å². The van der Waals surface area contributed by atoms with Crippen LogP contribution in [0.5, 0.6) is 11.5 Å². The number of fused-ring (bicyclic) bond motifs is 1. The van der Waals surface area contributed by atoms with Gasteiger partial charge < -0.3 is 14.8 Å². The van der Waals surface area contributed by atoms with Crippen LogP contribution in [0.2, 0.25) is 0 Å². The lowest BCUT2D eigenvalue weighted by atomic mass is 10.0. The Kier molecular flexibility index (Phi) is 7.33. The Balaban J connectivity index is 1.32. The molecule has 3 aromatic carbocycles. The smallest absolute Gasteiger partial charge is 0.156 e. The van der Waals surface area contributed by atoms with E-state index in [9.17, 15) is 0 Å². The number of benzene rings is 3. The highest BCUT2D eigenvalue weighted by Crippen LogP contribution is 2.34. The highest BCUT2D eigenvalue weighted by atomic mass is 16.5. The van der Waals surface area contributed by atoms with E-state index in [0.717, 1.165) is 78.2 Å². The summed E-state index contributed by atoms with van der Waals surface area (Å²) < 4.78 is 10.8. The first-order chi connectivity index (χ1) is 17.7. The third-order valence-electron chi connectivity index (χ3n) is 7.12. The maximum Gasteiger partial charge on any atom is 0.156 e. The van der Waals surface area contributed by atoms with E-state index >= 15 is 0 Å². The van der Waals surface area contributed by atoms with Crippen LogP contribution in [0.1, 0.15) is 30.9 Å². The predicted molar refractivity (Wildman–Crippen MR) is 146 cm³/mol. The quantitative estimate of drug-likeness (QED) is 0.335. The molecule has 0 radical (unpaired) electrons. The van der Waals surface area contributed by atoms with E-state index in [1.165, 1.54) is 11.1 Å². The SMILES string of the molecule is CCc1ccc(CN2CCC(Nc3nnc(-c4ccc(OC)cc4)c4ccc(OC)cc34)CC2)cc1. The summed E-state index contributed by atoms with van der Waals surface area (Å²) in [5.41, 5.74) is 4.64. The van der Waals surface area contributed by atoms with Crippen LogP contribution in [-0.4, -0.2) is 48.4 Å². The summed E-state index contributed by atoms with van der Waals surface area (Å²) in [5.74, 6) is 2.44. The zero-order valence-electron chi connectivity index (χ0n) is 21.3. The number of hydrogen-bond donors (Lipinski definition) is 1. The first kappa shape index (κ1) is 24.1. The van der Waals surface area contributed by atoms with E-state index in [1.54, 1.807) is 14.2 Å². The molecule has 5 rings (SSSR count). The molecule has 0 spiro atoms. The molecule has 1 N–H and O–H groups in total. The van der Waals surface area contributed by atoms with E-state index in [-0.39, 0.29) is 0 Å². The zero-order valence-corrected chi connectivity index (χ0v) is 21.3. The summed E-state index contributed by atoms with van der Waals surface area (Å²) in [6.07, 6.45) is 3.22. The molecule has 1 aromatic heterocycles. The number of ether oxygens (including phenoxy) is 2. The van der Waals surface area contributed by atoms with Crippen LogP contribution in [0.25, 0.3) is 22.0 Å². The summed E-state index contributed by atoms with van der Waals surface area (Å²) in [4.78, 5) is 2.54. The molecule has 4 aromatic rings. The highest BCUT2D eigenvalue weighted by molar-refractivity contribution is 6.00. The number of aryl methyl sites for hydroxylation is 1. The molecule has 0 unspecified atom stereocenters. The fourth-order valence-electron chi connectivity index (χ4n) is 4.90. The van der Waals surface area contributed by atoms with Crippen molar-refractivity contribution in [1.29, 1.82) is 0 Å². The van der Waals surface area contributed by atoms with Gasteiger partial charge in [0.25, 0.3) is 0 Å². The standard InChI is InChI=1S/C30H34N4O2/c1-4-21-5-7-22(8-6-21)20-34-17-15-24(16-18-34)31-30-28-19-26(36-3)13-14-27(28)29(32-33-30)23-9-11-25(35-2)12-10-23/h5-14,19,24H,4,15-18,20H2,1-3H3,(H,31,33). The average Bonchev–Trinajstić information content (AvgIpc) is 2.94. The number of nitrogens with zero attached hydrogens (tertiary/aromatic N) is 3. The van der Waals surface area contributed by atoms with Crippen molar-refractivity contribution in [3.05, 3.63) is 77.9 Å². The number of nitrogens with one attached hydrogen (secondary N) is 1. The second-order valence-electron chi connectivity index (χ2n) is 9.40. The van der Waals surface area contributed by atoms with Gasteiger partial charge in [-0.05, 0) is 72.9 Å². The van der Waals surface area contributed by atoms with E-state index in [2.05, 4.69) is 63.7 Å². The van der Waals surface area contributed by atoms with Crippen molar-refractivity contribution in [2.45, 2.75) is 38.8 Å². The molecular formula is C30H34N4O2. The molecular weight excluding hydrogens is 448 g/mol. The minimum atomic E-state index is 0.360. The molecule has 186 valence electrons. The number of aromatic nitrogens is 2. The van der Waals surface area contributed by atoms with Gasteiger partial charge in [0.05, 0.1) is 14.2 Å². The molecule has 0 aliphatic carbocycles. The molecule has 1 aliphatic heterocycles. The van der Waals surface area contributed by atoms with Gasteiger partial charge in [-0.3, -0.25) is 4.90 Å². The summed E-state index contributed by atoms with van der Waals surface area (Å²) in [7, 11) is 3.36. The van der Waals surface area contributed by atoms with Gasteiger partial charge in [-0.1, -0.05) is 31.2 Å². The van der Waals surface area contributed by atoms with Crippen molar-refractivity contribution >= 4 is 16.6 Å². The zero-order chi connectivity index (χ0) is 24.9. The Hall–Kier alpha value is -3.64. The first-order valence-corrected chi connectivity index (χ1v) is 12.7. The van der Waals surface area contributed by atoms with E-state index in [0.29, 0.717) is 6.04 Å². The van der Waals surface area contributed by atoms with Gasteiger partial charge in [-0.2, -0.15) is 0 Å². The van der Waals surface area contributed by atoms with Gasteiger partial charge in [0.15, 0.2) is 5.82 Å². The van der Waals surface area contributed by atoms with Crippen molar-refractivity contribution in [3.63, 3.8) is 0 Å². The highest BCUT2D eigenvalue weighted by Gasteiger charge is 2.21. The first-order valence-electron chi connectivity index (χ1n) is 12.7. The number of methoxy groups -OCH3 is 2. The largest absolute Gasteiger partial charge is 0.497 e. The van der Waals surface area contributed by atoms with E-state index in [4.69, 9.17) is 9.47 Å². The summed E-state index contributed by atoms with van der Waals surface area (Å²) in [5, 5.41) is 15.0. The lowest BCUT2D eigenvalue weighted by Gasteiger charge is -2.32. The Morgan fingerprint density at radius 2 is 1.47 bits per heavy atom. The second kappa shape index (κ2) is 11.0. The van der Waals surface area contributed by atoms with Crippen molar-refractivity contribution < 1.29 is 9.47 Å². The number of anilines is 1. The van der Waals surface area contributed by atoms with Gasteiger partial charge in [0.2, 0.25) is 0 Å². The van der Waals surface area contributed by atoms with Crippen LogP contribution >= 0.6 is 0 Å². The predicted octanol–water partition coefficient (Wildman–Crippen LogP) is 5.95. The lowest BCUT2D eigenvalue weighted by Crippen LogP contribution is -2.38. The van der Waals surface area contributed by atoms with Crippen LogP contribution in [0.3, 0.4) is 0 Å². The third-order valence-corrected chi connectivity index (χ3v) is 7.12. The van der Waals surface area contributed by atoms with Crippen LogP contribution < -0.4 is 14.8 Å². The molecule has 36 heavy (non-hydrogen) atoms. The van der Waals surface area contributed by atoms with Crippen LogP contribution in [0.15, 0.2) is 66.7 Å². The third kappa shape index (κ3) is 5.29.